The van der Waals surface area contributed by atoms with Gasteiger partial charge in [-0.05, 0) is 6.92 Å². The number of aromatic nitrogens is 2. The first-order valence-corrected chi connectivity index (χ1v) is 4.69. The normalized spacial score (nSPS) is 13.5. The van der Waals surface area contributed by atoms with Crippen LogP contribution in [0.2, 0.25) is 0 Å². The maximum atomic E-state index is 11.8. The molecule has 1 aromatic rings. The molecule has 7 heteroatoms. The fraction of sp³-hybridized carbons (Fsp3) is 0.500. The molecule has 0 aliphatic rings. The van der Waals surface area contributed by atoms with Gasteiger partial charge in [0.25, 0.3) is 0 Å². The van der Waals surface area contributed by atoms with Crippen molar-refractivity contribution in [3.05, 3.63) is 11.7 Å². The summed E-state index contributed by atoms with van der Waals surface area (Å²) in [5, 5.41) is 21.4. The lowest BCUT2D eigenvalue weighted by molar-refractivity contribution is -0.148. The van der Waals surface area contributed by atoms with Crippen LogP contribution in [0.5, 0.6) is 0 Å². The van der Waals surface area contributed by atoms with Crippen LogP contribution in [-0.2, 0) is 14.9 Å². The molecule has 0 spiro atoms. The Labute approximate surface area is 97.6 Å². The molecule has 1 heterocycles. The van der Waals surface area contributed by atoms with Crippen LogP contribution in [0.15, 0.2) is 4.52 Å². The van der Waals surface area contributed by atoms with Gasteiger partial charge >= 0.3 is 5.97 Å². The molecule has 7 nitrogen and oxygen atoms in total. The summed E-state index contributed by atoms with van der Waals surface area (Å²) < 4.78 is 9.36. The molecule has 1 aromatic heterocycles. The van der Waals surface area contributed by atoms with Gasteiger partial charge in [-0.3, -0.25) is 4.79 Å². The van der Waals surface area contributed by atoms with E-state index < -0.39 is 17.3 Å². The fourth-order valence-corrected chi connectivity index (χ4v) is 1.35. The maximum Gasteiger partial charge on any atom is 0.321 e. The third-order valence-electron chi connectivity index (χ3n) is 2.44. The van der Waals surface area contributed by atoms with E-state index in [2.05, 4.69) is 14.9 Å². The van der Waals surface area contributed by atoms with Crippen LogP contribution < -0.4 is 0 Å². The number of ether oxygens (including phenoxy) is 1. The van der Waals surface area contributed by atoms with Crippen LogP contribution >= 0.6 is 0 Å². The summed E-state index contributed by atoms with van der Waals surface area (Å²) in [6.07, 6.45) is 0. The SMILES string of the molecule is COC(=O)[C@@](C)(c1noc(C)n1)C(C#N)C#N. The summed E-state index contributed by atoms with van der Waals surface area (Å²) in [6, 6.07) is 3.46. The van der Waals surface area contributed by atoms with Crippen molar-refractivity contribution in [2.75, 3.05) is 7.11 Å². The van der Waals surface area contributed by atoms with Crippen LogP contribution in [0.4, 0.5) is 0 Å². The average molecular weight is 234 g/mol. The zero-order chi connectivity index (χ0) is 13.1. The lowest BCUT2D eigenvalue weighted by Crippen LogP contribution is -2.41. The van der Waals surface area contributed by atoms with E-state index >= 15 is 0 Å². The smallest absolute Gasteiger partial charge is 0.321 e. The van der Waals surface area contributed by atoms with E-state index in [1.807, 2.05) is 0 Å². The van der Waals surface area contributed by atoms with Crippen LogP contribution in [0.1, 0.15) is 18.6 Å². The van der Waals surface area contributed by atoms with Crippen molar-refractivity contribution >= 4 is 5.97 Å². The van der Waals surface area contributed by atoms with Gasteiger partial charge in [0.05, 0.1) is 19.2 Å². The standard InChI is InChI=1S/C10H10N4O3/c1-6-13-8(14-17-6)10(2,9(15)16-3)7(4-11)5-12/h7H,1-3H3/t10-/m1/s1. The first-order valence-electron chi connectivity index (χ1n) is 4.69. The molecule has 0 saturated carbocycles. The first kappa shape index (κ1) is 12.7. The number of nitriles is 2. The Morgan fingerprint density at radius 1 is 1.53 bits per heavy atom. The van der Waals surface area contributed by atoms with E-state index in [1.54, 1.807) is 19.1 Å². The molecule has 88 valence electrons. The summed E-state index contributed by atoms with van der Waals surface area (Å²) in [5.74, 6) is -1.81. The predicted molar refractivity (Wildman–Crippen MR) is 53.1 cm³/mol. The number of hydrogen-bond donors (Lipinski definition) is 0. The Morgan fingerprint density at radius 3 is 2.47 bits per heavy atom. The molecule has 17 heavy (non-hydrogen) atoms. The molecule has 0 aromatic carbocycles. The quantitative estimate of drug-likeness (QED) is 0.698. The molecule has 0 aliphatic heterocycles. The van der Waals surface area contributed by atoms with Crippen molar-refractivity contribution in [2.45, 2.75) is 19.3 Å². The third-order valence-corrected chi connectivity index (χ3v) is 2.44. The highest BCUT2D eigenvalue weighted by Crippen LogP contribution is 2.31. The van der Waals surface area contributed by atoms with Crippen molar-refractivity contribution < 1.29 is 14.1 Å². The van der Waals surface area contributed by atoms with Gasteiger partial charge in [-0.1, -0.05) is 5.16 Å². The minimum atomic E-state index is -1.56. The van der Waals surface area contributed by atoms with Gasteiger partial charge in [0.2, 0.25) is 5.89 Å². The minimum Gasteiger partial charge on any atom is -0.468 e. The molecule has 0 saturated heterocycles. The second kappa shape index (κ2) is 4.62. The fourth-order valence-electron chi connectivity index (χ4n) is 1.35. The van der Waals surface area contributed by atoms with Gasteiger partial charge in [-0.15, -0.1) is 0 Å². The molecular formula is C10H10N4O3. The summed E-state index contributed by atoms with van der Waals surface area (Å²) in [5.41, 5.74) is -1.56. The molecule has 0 bridgehead atoms. The monoisotopic (exact) mass is 234 g/mol. The predicted octanol–water partition coefficient (Wildman–Crippen LogP) is 0.472. The van der Waals surface area contributed by atoms with Gasteiger partial charge in [-0.2, -0.15) is 15.5 Å². The van der Waals surface area contributed by atoms with Gasteiger partial charge in [0, 0.05) is 6.92 Å². The Kier molecular flexibility index (Phi) is 3.44. The van der Waals surface area contributed by atoms with E-state index in [0.717, 1.165) is 0 Å². The van der Waals surface area contributed by atoms with Gasteiger partial charge < -0.3 is 9.26 Å². The maximum absolute atomic E-state index is 11.8. The van der Waals surface area contributed by atoms with E-state index in [1.165, 1.54) is 14.0 Å². The van der Waals surface area contributed by atoms with Crippen molar-refractivity contribution in [1.29, 1.82) is 10.5 Å². The van der Waals surface area contributed by atoms with Gasteiger partial charge in [0.15, 0.2) is 17.2 Å². The highest BCUT2D eigenvalue weighted by Gasteiger charge is 2.49. The summed E-state index contributed by atoms with van der Waals surface area (Å²) in [4.78, 5) is 15.6. The van der Waals surface area contributed by atoms with Crippen molar-refractivity contribution in [3.63, 3.8) is 0 Å². The number of esters is 1. The highest BCUT2D eigenvalue weighted by atomic mass is 16.5. The number of aryl methyl sites for hydroxylation is 1. The molecule has 0 N–H and O–H groups in total. The van der Waals surface area contributed by atoms with Crippen LogP contribution in [-0.4, -0.2) is 23.2 Å². The Bertz CT molecular complexity index is 496. The number of methoxy groups -OCH3 is 1. The lowest BCUT2D eigenvalue weighted by Gasteiger charge is -2.23. The summed E-state index contributed by atoms with van der Waals surface area (Å²) >= 11 is 0. The molecule has 1 atom stereocenters. The Balaban J connectivity index is 3.36. The molecule has 0 fully saturated rings. The Hall–Kier alpha value is -2.41. The molecular weight excluding hydrogens is 224 g/mol. The van der Waals surface area contributed by atoms with E-state index in [-0.39, 0.29) is 11.7 Å². The van der Waals surface area contributed by atoms with Gasteiger partial charge in [0.1, 0.15) is 0 Å². The molecule has 0 radical (unpaired) electrons. The second-order valence-corrected chi connectivity index (χ2v) is 3.52. The van der Waals surface area contributed by atoms with Crippen LogP contribution in [0, 0.1) is 35.5 Å². The summed E-state index contributed by atoms with van der Waals surface area (Å²) in [7, 11) is 1.17. The average Bonchev–Trinajstić information content (AvgIpc) is 2.76. The molecule has 0 amide bonds. The van der Waals surface area contributed by atoms with Crippen molar-refractivity contribution in [2.24, 2.45) is 5.92 Å². The number of carbonyl (C=O) groups excluding carboxylic acids is 1. The molecule has 0 aliphatic carbocycles. The largest absolute Gasteiger partial charge is 0.468 e. The number of hydrogen-bond acceptors (Lipinski definition) is 7. The Morgan fingerprint density at radius 2 is 2.12 bits per heavy atom. The van der Waals surface area contributed by atoms with Crippen LogP contribution in [0.25, 0.3) is 0 Å². The van der Waals surface area contributed by atoms with E-state index in [0.29, 0.717) is 0 Å². The third kappa shape index (κ3) is 1.95. The zero-order valence-electron chi connectivity index (χ0n) is 9.59. The highest BCUT2D eigenvalue weighted by molar-refractivity contribution is 5.83. The minimum absolute atomic E-state index is 0.0325. The second-order valence-electron chi connectivity index (χ2n) is 3.52. The van der Waals surface area contributed by atoms with E-state index in [9.17, 15) is 4.79 Å². The topological polar surface area (TPSA) is 113 Å². The first-order chi connectivity index (χ1) is 8.00. The number of rotatable bonds is 3. The van der Waals surface area contributed by atoms with Crippen molar-refractivity contribution in [3.8, 4) is 12.1 Å². The molecule has 1 rings (SSSR count). The number of carbonyl (C=O) groups is 1. The zero-order valence-corrected chi connectivity index (χ0v) is 9.59. The van der Waals surface area contributed by atoms with Gasteiger partial charge in [-0.25, -0.2) is 0 Å². The summed E-state index contributed by atoms with van der Waals surface area (Å²) in [6.45, 7) is 2.92. The lowest BCUT2D eigenvalue weighted by atomic mass is 9.77. The van der Waals surface area contributed by atoms with E-state index in [4.69, 9.17) is 15.0 Å². The number of nitrogens with zero attached hydrogens (tertiary/aromatic N) is 4. The van der Waals surface area contributed by atoms with Crippen molar-refractivity contribution in [1.82, 2.24) is 10.1 Å². The van der Waals surface area contributed by atoms with Crippen LogP contribution in [0.3, 0.4) is 0 Å². The molecule has 0 unspecified atom stereocenters.